The minimum absolute atomic E-state index is 0.0675. The van der Waals surface area contributed by atoms with Crippen molar-refractivity contribution < 1.29 is 33.4 Å². The van der Waals surface area contributed by atoms with Gasteiger partial charge in [-0.05, 0) is 58.2 Å². The first-order valence-corrected chi connectivity index (χ1v) is 13.2. The lowest BCUT2D eigenvalue weighted by Crippen LogP contribution is -2.53. The summed E-state index contributed by atoms with van der Waals surface area (Å²) in [6, 6.07) is 5.05. The van der Waals surface area contributed by atoms with Gasteiger partial charge in [0.1, 0.15) is 17.5 Å². The molecular formula is C28H38N4O7. The van der Waals surface area contributed by atoms with E-state index < -0.39 is 53.6 Å². The number of hydrogen-bond acceptors (Lipinski definition) is 7. The SMILES string of the molecule is CCC[C@H](NC(=O)c1cc2c(OC)cccc2[nH]1)C(=O)N[C@@H](C[C@@H]1CCNC1=O)C(=O)COC(=O)C(C)(C)C. The van der Waals surface area contributed by atoms with Crippen LogP contribution in [0.2, 0.25) is 0 Å². The molecule has 3 atom stereocenters. The number of aromatic nitrogens is 1. The maximum atomic E-state index is 13.3. The third-order valence-electron chi connectivity index (χ3n) is 6.63. The van der Waals surface area contributed by atoms with E-state index >= 15 is 0 Å². The van der Waals surface area contributed by atoms with Crippen LogP contribution in [-0.2, 0) is 23.9 Å². The zero-order valence-corrected chi connectivity index (χ0v) is 23.1. The molecule has 2 aromatic rings. The van der Waals surface area contributed by atoms with Crippen LogP contribution in [0, 0.1) is 11.3 Å². The molecule has 11 nitrogen and oxygen atoms in total. The number of carbonyl (C=O) groups excluding carboxylic acids is 5. The Morgan fingerprint density at radius 2 is 1.87 bits per heavy atom. The Kier molecular flexibility index (Phi) is 9.71. The lowest BCUT2D eigenvalue weighted by molar-refractivity contribution is -0.156. The fourth-order valence-corrected chi connectivity index (χ4v) is 4.37. The number of esters is 1. The number of ether oxygens (including phenoxy) is 2. The quantitative estimate of drug-likeness (QED) is 0.300. The third-order valence-corrected chi connectivity index (χ3v) is 6.63. The van der Waals surface area contributed by atoms with Gasteiger partial charge in [-0.2, -0.15) is 0 Å². The normalized spacial score (nSPS) is 16.7. The van der Waals surface area contributed by atoms with E-state index in [0.717, 1.165) is 5.39 Å². The molecule has 0 spiro atoms. The van der Waals surface area contributed by atoms with Crippen molar-refractivity contribution in [1.82, 2.24) is 20.9 Å². The number of aromatic amines is 1. The largest absolute Gasteiger partial charge is 0.496 e. The van der Waals surface area contributed by atoms with E-state index in [1.807, 2.05) is 13.0 Å². The summed E-state index contributed by atoms with van der Waals surface area (Å²) in [7, 11) is 1.54. The van der Waals surface area contributed by atoms with Crippen LogP contribution in [0.1, 0.15) is 63.9 Å². The number of rotatable bonds is 12. The molecule has 1 aliphatic heterocycles. The smallest absolute Gasteiger partial charge is 0.311 e. The Hall–Kier alpha value is -3.89. The Balaban J connectivity index is 1.74. The number of Topliss-reactive ketones (excluding diaryl/α,β-unsaturated/α-hetero) is 1. The molecule has 0 unspecified atom stereocenters. The number of nitrogens with one attached hydrogen (secondary N) is 4. The van der Waals surface area contributed by atoms with Crippen LogP contribution in [0.4, 0.5) is 0 Å². The number of H-pyrrole nitrogens is 1. The first-order chi connectivity index (χ1) is 18.4. The van der Waals surface area contributed by atoms with Gasteiger partial charge in [-0.1, -0.05) is 19.4 Å². The highest BCUT2D eigenvalue weighted by Gasteiger charge is 2.34. The highest BCUT2D eigenvalue weighted by atomic mass is 16.5. The average molecular weight is 543 g/mol. The average Bonchev–Trinajstić information content (AvgIpc) is 3.51. The fraction of sp³-hybridized carbons (Fsp3) is 0.536. The minimum Gasteiger partial charge on any atom is -0.496 e. The molecule has 2 heterocycles. The van der Waals surface area contributed by atoms with Crippen molar-refractivity contribution in [2.45, 2.75) is 65.5 Å². The maximum Gasteiger partial charge on any atom is 0.311 e. The number of amides is 3. The maximum absolute atomic E-state index is 13.3. The summed E-state index contributed by atoms with van der Waals surface area (Å²) in [6.07, 6.45) is 1.51. The monoisotopic (exact) mass is 542 g/mol. The zero-order chi connectivity index (χ0) is 28.7. The van der Waals surface area contributed by atoms with Crippen LogP contribution >= 0.6 is 0 Å². The topological polar surface area (TPSA) is 156 Å². The molecule has 0 radical (unpaired) electrons. The summed E-state index contributed by atoms with van der Waals surface area (Å²) in [5.41, 5.74) is 0.169. The number of ketones is 1. The molecule has 3 amide bonds. The summed E-state index contributed by atoms with van der Waals surface area (Å²) in [6.45, 7) is 6.84. The molecule has 1 saturated heterocycles. The van der Waals surface area contributed by atoms with Gasteiger partial charge in [-0.15, -0.1) is 0 Å². The van der Waals surface area contributed by atoms with Crippen molar-refractivity contribution in [2.24, 2.45) is 11.3 Å². The van der Waals surface area contributed by atoms with Crippen molar-refractivity contribution in [3.8, 4) is 5.75 Å². The summed E-state index contributed by atoms with van der Waals surface area (Å²) in [5.74, 6) is -2.16. The van der Waals surface area contributed by atoms with E-state index in [4.69, 9.17) is 9.47 Å². The first kappa shape index (κ1) is 29.7. The van der Waals surface area contributed by atoms with Crippen LogP contribution in [0.3, 0.4) is 0 Å². The molecule has 1 aliphatic rings. The highest BCUT2D eigenvalue weighted by Crippen LogP contribution is 2.26. The lowest BCUT2D eigenvalue weighted by atomic mass is 9.95. The van der Waals surface area contributed by atoms with Crippen LogP contribution < -0.4 is 20.7 Å². The van der Waals surface area contributed by atoms with Crippen molar-refractivity contribution in [3.05, 3.63) is 30.0 Å². The summed E-state index contributed by atoms with van der Waals surface area (Å²) < 4.78 is 10.5. The molecule has 0 aliphatic carbocycles. The summed E-state index contributed by atoms with van der Waals surface area (Å²) in [4.78, 5) is 66.9. The molecule has 39 heavy (non-hydrogen) atoms. The summed E-state index contributed by atoms with van der Waals surface area (Å²) >= 11 is 0. The number of carbonyl (C=O) groups is 5. The van der Waals surface area contributed by atoms with Gasteiger partial charge >= 0.3 is 5.97 Å². The first-order valence-electron chi connectivity index (χ1n) is 13.2. The molecular weight excluding hydrogens is 504 g/mol. The molecule has 1 aromatic carbocycles. The van der Waals surface area contributed by atoms with Crippen LogP contribution in [0.15, 0.2) is 24.3 Å². The number of hydrogen-bond donors (Lipinski definition) is 4. The van der Waals surface area contributed by atoms with E-state index in [1.165, 1.54) is 0 Å². The van der Waals surface area contributed by atoms with E-state index in [0.29, 0.717) is 37.1 Å². The van der Waals surface area contributed by atoms with Gasteiger partial charge in [0.15, 0.2) is 12.4 Å². The van der Waals surface area contributed by atoms with Gasteiger partial charge in [-0.3, -0.25) is 24.0 Å². The second kappa shape index (κ2) is 12.8. The van der Waals surface area contributed by atoms with Crippen LogP contribution in [-0.4, -0.2) is 66.8 Å². The van der Waals surface area contributed by atoms with E-state index in [2.05, 4.69) is 20.9 Å². The van der Waals surface area contributed by atoms with Crippen LogP contribution in [0.25, 0.3) is 10.9 Å². The fourth-order valence-electron chi connectivity index (χ4n) is 4.37. The van der Waals surface area contributed by atoms with E-state index in [9.17, 15) is 24.0 Å². The lowest BCUT2D eigenvalue weighted by Gasteiger charge is -2.24. The Morgan fingerprint density at radius 1 is 1.13 bits per heavy atom. The standard InChI is InChI=1S/C28H38N4O7/c1-6-8-19(31-26(36)21-14-17-18(30-21)9-7-10-23(17)38-5)25(35)32-20(13-16-11-12-29-24(16)34)22(33)15-39-27(37)28(2,3)4/h7,9-10,14,16,19-20,30H,6,8,11-13,15H2,1-5H3,(H,29,34)(H,31,36)(H,32,35)/t16-,19-,20-/m0/s1. The predicted octanol–water partition coefficient (Wildman–Crippen LogP) is 2.24. The Bertz CT molecular complexity index is 1230. The predicted molar refractivity (Wildman–Crippen MR) is 144 cm³/mol. The Labute approximate surface area is 227 Å². The number of methoxy groups -OCH3 is 1. The molecule has 1 aromatic heterocycles. The van der Waals surface area contributed by atoms with Gasteiger partial charge in [0.05, 0.1) is 18.6 Å². The van der Waals surface area contributed by atoms with E-state index in [1.54, 1.807) is 46.1 Å². The van der Waals surface area contributed by atoms with E-state index in [-0.39, 0.29) is 18.0 Å². The molecule has 11 heteroatoms. The minimum atomic E-state index is -1.06. The van der Waals surface area contributed by atoms with Gasteiger partial charge in [-0.25, -0.2) is 0 Å². The zero-order valence-electron chi connectivity index (χ0n) is 23.1. The van der Waals surface area contributed by atoms with Crippen molar-refractivity contribution in [2.75, 3.05) is 20.3 Å². The molecule has 0 bridgehead atoms. The van der Waals surface area contributed by atoms with Crippen molar-refractivity contribution in [3.63, 3.8) is 0 Å². The third kappa shape index (κ3) is 7.58. The van der Waals surface area contributed by atoms with Crippen molar-refractivity contribution >= 4 is 40.4 Å². The number of benzene rings is 1. The second-order valence-corrected chi connectivity index (χ2v) is 10.8. The molecule has 3 rings (SSSR count). The van der Waals surface area contributed by atoms with Crippen LogP contribution in [0.5, 0.6) is 5.75 Å². The van der Waals surface area contributed by atoms with Gasteiger partial charge in [0, 0.05) is 23.4 Å². The Morgan fingerprint density at radius 3 is 2.49 bits per heavy atom. The highest BCUT2D eigenvalue weighted by molar-refractivity contribution is 6.02. The summed E-state index contributed by atoms with van der Waals surface area (Å²) in [5, 5.41) is 8.91. The molecule has 212 valence electrons. The molecule has 0 saturated carbocycles. The molecule has 1 fully saturated rings. The van der Waals surface area contributed by atoms with Gasteiger partial charge < -0.3 is 30.4 Å². The van der Waals surface area contributed by atoms with Crippen molar-refractivity contribution in [1.29, 1.82) is 0 Å². The van der Waals surface area contributed by atoms with Gasteiger partial charge in [0.25, 0.3) is 5.91 Å². The molecule has 4 N–H and O–H groups in total. The van der Waals surface area contributed by atoms with Gasteiger partial charge in [0.2, 0.25) is 11.8 Å². The number of fused-ring (bicyclic) bond motifs is 1. The second-order valence-electron chi connectivity index (χ2n) is 10.8.